The van der Waals surface area contributed by atoms with Crippen LogP contribution in [-0.2, 0) is 24.3 Å². The number of amides is 1. The van der Waals surface area contributed by atoms with Crippen LogP contribution < -0.4 is 5.32 Å². The molecule has 0 aliphatic carbocycles. The van der Waals surface area contributed by atoms with E-state index in [4.69, 9.17) is 4.42 Å². The Labute approximate surface area is 171 Å². The fraction of sp³-hybridized carbons (Fsp3) is 0.333. The maximum Gasteiger partial charge on any atom is 0.220 e. The zero-order valence-corrected chi connectivity index (χ0v) is 16.6. The van der Waals surface area contributed by atoms with E-state index in [1.54, 1.807) is 6.20 Å². The molecule has 1 amide bonds. The number of nitrogens with zero attached hydrogens (tertiary/aromatic N) is 2. The molecule has 0 saturated carbocycles. The Bertz CT molecular complexity index is 913. The summed E-state index contributed by atoms with van der Waals surface area (Å²) < 4.78 is 5.76. The maximum absolute atomic E-state index is 12.2. The normalized spacial score (nSPS) is 14.2. The summed E-state index contributed by atoms with van der Waals surface area (Å²) in [5.74, 6) is 1.32. The minimum atomic E-state index is 0.00519. The van der Waals surface area contributed by atoms with Crippen molar-refractivity contribution in [2.24, 2.45) is 0 Å². The molecule has 1 N–H and O–H groups in total. The molecule has 0 radical (unpaired) electrons. The fourth-order valence-corrected chi connectivity index (χ4v) is 3.63. The van der Waals surface area contributed by atoms with E-state index in [0.29, 0.717) is 25.3 Å². The van der Waals surface area contributed by atoms with Gasteiger partial charge in [-0.25, -0.2) is 4.98 Å². The van der Waals surface area contributed by atoms with Gasteiger partial charge in [0.25, 0.3) is 0 Å². The van der Waals surface area contributed by atoms with E-state index in [2.05, 4.69) is 39.5 Å². The van der Waals surface area contributed by atoms with Crippen LogP contribution in [-0.4, -0.2) is 28.9 Å². The summed E-state index contributed by atoms with van der Waals surface area (Å²) in [6.45, 7) is 3.97. The van der Waals surface area contributed by atoms with Gasteiger partial charge in [-0.3, -0.25) is 9.69 Å². The van der Waals surface area contributed by atoms with E-state index in [0.717, 1.165) is 23.4 Å². The van der Waals surface area contributed by atoms with Crippen LogP contribution in [0.5, 0.6) is 0 Å². The molecule has 5 heteroatoms. The number of carbonyl (C=O) groups excluding carboxylic acids is 1. The van der Waals surface area contributed by atoms with E-state index in [1.807, 2.05) is 30.3 Å². The lowest BCUT2D eigenvalue weighted by molar-refractivity contribution is -0.121. The van der Waals surface area contributed by atoms with Crippen molar-refractivity contribution in [3.63, 3.8) is 0 Å². The van der Waals surface area contributed by atoms with Crippen molar-refractivity contribution in [2.75, 3.05) is 13.1 Å². The van der Waals surface area contributed by atoms with Crippen LogP contribution >= 0.6 is 0 Å². The Hall–Kier alpha value is -2.92. The molecular weight excluding hydrogens is 362 g/mol. The minimum absolute atomic E-state index is 0.00519. The van der Waals surface area contributed by atoms with Gasteiger partial charge in [-0.2, -0.15) is 0 Å². The largest absolute Gasteiger partial charge is 0.441 e. The first-order chi connectivity index (χ1) is 14.3. The highest BCUT2D eigenvalue weighted by molar-refractivity contribution is 5.76. The van der Waals surface area contributed by atoms with Gasteiger partial charge in [0.2, 0.25) is 5.91 Å². The fourth-order valence-electron chi connectivity index (χ4n) is 3.63. The SMILES string of the molecule is O=C(CCc1ncc(-c2ccccc2)o1)NCc1ccc(CN2CCCC2)cc1. The summed E-state index contributed by atoms with van der Waals surface area (Å²) in [5, 5.41) is 2.98. The number of aryl methyl sites for hydroxylation is 1. The molecule has 3 aromatic rings. The second-order valence-electron chi connectivity index (χ2n) is 7.56. The molecule has 0 spiro atoms. The van der Waals surface area contributed by atoms with E-state index in [9.17, 15) is 4.79 Å². The second-order valence-corrected chi connectivity index (χ2v) is 7.56. The number of hydrogen-bond donors (Lipinski definition) is 1. The third kappa shape index (κ3) is 5.55. The Morgan fingerprint density at radius 2 is 1.72 bits per heavy atom. The Morgan fingerprint density at radius 3 is 2.48 bits per heavy atom. The number of hydrogen-bond acceptors (Lipinski definition) is 4. The van der Waals surface area contributed by atoms with Gasteiger partial charge in [0.1, 0.15) is 0 Å². The number of rotatable bonds is 8. The molecule has 0 unspecified atom stereocenters. The van der Waals surface area contributed by atoms with Gasteiger partial charge in [-0.05, 0) is 37.1 Å². The lowest BCUT2D eigenvalue weighted by atomic mass is 10.1. The molecule has 2 heterocycles. The zero-order valence-electron chi connectivity index (χ0n) is 16.6. The van der Waals surface area contributed by atoms with Crippen molar-refractivity contribution in [1.29, 1.82) is 0 Å². The summed E-state index contributed by atoms with van der Waals surface area (Å²) >= 11 is 0. The second kappa shape index (κ2) is 9.52. The Morgan fingerprint density at radius 1 is 1.00 bits per heavy atom. The number of nitrogens with one attached hydrogen (secondary N) is 1. The molecule has 29 heavy (non-hydrogen) atoms. The van der Waals surface area contributed by atoms with E-state index >= 15 is 0 Å². The highest BCUT2D eigenvalue weighted by Gasteiger charge is 2.12. The average Bonchev–Trinajstić information content (AvgIpc) is 3.45. The van der Waals surface area contributed by atoms with Crippen LogP contribution in [0, 0.1) is 0 Å². The van der Waals surface area contributed by atoms with Gasteiger partial charge in [0.05, 0.1) is 6.20 Å². The van der Waals surface area contributed by atoms with Gasteiger partial charge in [-0.1, -0.05) is 54.6 Å². The molecule has 1 aliphatic rings. The third-order valence-corrected chi connectivity index (χ3v) is 5.30. The van der Waals surface area contributed by atoms with E-state index < -0.39 is 0 Å². The first kappa shape index (κ1) is 19.4. The summed E-state index contributed by atoms with van der Waals surface area (Å²) in [6.07, 6.45) is 5.19. The standard InChI is InChI=1S/C24H27N3O2/c28-23(12-13-24-26-17-22(29-24)21-6-2-1-3-7-21)25-16-19-8-10-20(11-9-19)18-27-14-4-5-15-27/h1-3,6-11,17H,4-5,12-16,18H2,(H,25,28). The lowest BCUT2D eigenvalue weighted by Gasteiger charge is -2.14. The summed E-state index contributed by atoms with van der Waals surface area (Å²) in [4.78, 5) is 18.9. The molecule has 1 fully saturated rings. The maximum atomic E-state index is 12.2. The van der Waals surface area contributed by atoms with Gasteiger partial charge in [-0.15, -0.1) is 0 Å². The highest BCUT2D eigenvalue weighted by Crippen LogP contribution is 2.20. The molecule has 1 aliphatic heterocycles. The van der Waals surface area contributed by atoms with Crippen molar-refractivity contribution in [1.82, 2.24) is 15.2 Å². The number of benzene rings is 2. The smallest absolute Gasteiger partial charge is 0.220 e. The van der Waals surface area contributed by atoms with Crippen molar-refractivity contribution in [3.8, 4) is 11.3 Å². The van der Waals surface area contributed by atoms with Crippen LogP contribution in [0.2, 0.25) is 0 Å². The molecule has 0 bridgehead atoms. The molecule has 4 rings (SSSR count). The van der Waals surface area contributed by atoms with Crippen LogP contribution in [0.25, 0.3) is 11.3 Å². The van der Waals surface area contributed by atoms with E-state index in [-0.39, 0.29) is 5.91 Å². The summed E-state index contributed by atoms with van der Waals surface area (Å²) in [5.41, 5.74) is 3.44. The molecule has 1 aromatic heterocycles. The number of aromatic nitrogens is 1. The van der Waals surface area contributed by atoms with Crippen LogP contribution in [0.3, 0.4) is 0 Å². The van der Waals surface area contributed by atoms with Gasteiger partial charge in [0, 0.05) is 31.5 Å². The molecule has 0 atom stereocenters. The monoisotopic (exact) mass is 389 g/mol. The van der Waals surface area contributed by atoms with Gasteiger partial charge >= 0.3 is 0 Å². The molecule has 1 saturated heterocycles. The third-order valence-electron chi connectivity index (χ3n) is 5.30. The van der Waals surface area contributed by atoms with Crippen molar-refractivity contribution < 1.29 is 9.21 Å². The predicted octanol–water partition coefficient (Wildman–Crippen LogP) is 4.19. The molecule has 5 nitrogen and oxygen atoms in total. The van der Waals surface area contributed by atoms with Crippen LogP contribution in [0.1, 0.15) is 36.3 Å². The topological polar surface area (TPSA) is 58.4 Å². The zero-order chi connectivity index (χ0) is 19.9. The van der Waals surface area contributed by atoms with Gasteiger partial charge in [0.15, 0.2) is 11.7 Å². The first-order valence-electron chi connectivity index (χ1n) is 10.3. The Balaban J connectivity index is 1.20. The number of carbonyl (C=O) groups is 1. The molecule has 2 aromatic carbocycles. The minimum Gasteiger partial charge on any atom is -0.441 e. The van der Waals surface area contributed by atoms with Crippen LogP contribution in [0.15, 0.2) is 65.2 Å². The average molecular weight is 389 g/mol. The predicted molar refractivity (Wildman–Crippen MR) is 113 cm³/mol. The Kier molecular flexibility index (Phi) is 6.37. The number of likely N-dealkylation sites (tertiary alicyclic amines) is 1. The molecule has 150 valence electrons. The summed E-state index contributed by atoms with van der Waals surface area (Å²) in [7, 11) is 0. The quantitative estimate of drug-likeness (QED) is 0.628. The number of oxazole rings is 1. The summed E-state index contributed by atoms with van der Waals surface area (Å²) in [6, 6.07) is 18.4. The van der Waals surface area contributed by atoms with Crippen molar-refractivity contribution in [2.45, 2.75) is 38.8 Å². The first-order valence-corrected chi connectivity index (χ1v) is 10.3. The molecular formula is C24H27N3O2. The van der Waals surface area contributed by atoms with Crippen molar-refractivity contribution >= 4 is 5.91 Å². The van der Waals surface area contributed by atoms with Crippen molar-refractivity contribution in [3.05, 3.63) is 77.8 Å². The van der Waals surface area contributed by atoms with E-state index in [1.165, 1.54) is 31.5 Å². The highest BCUT2D eigenvalue weighted by atomic mass is 16.4. The van der Waals surface area contributed by atoms with Crippen LogP contribution in [0.4, 0.5) is 0 Å². The van der Waals surface area contributed by atoms with Gasteiger partial charge < -0.3 is 9.73 Å². The lowest BCUT2D eigenvalue weighted by Crippen LogP contribution is -2.23.